The number of hydrogen-bond acceptors (Lipinski definition) is 4. The number of methoxy groups -OCH3 is 1. The van der Waals surface area contributed by atoms with Crippen molar-refractivity contribution in [3.8, 4) is 0 Å². The molecule has 0 aromatic heterocycles. The summed E-state index contributed by atoms with van der Waals surface area (Å²) in [6, 6.07) is 0.0127. The van der Waals surface area contributed by atoms with Crippen molar-refractivity contribution in [1.29, 1.82) is 0 Å². The topological polar surface area (TPSA) is 41.6 Å². The van der Waals surface area contributed by atoms with Crippen LogP contribution in [-0.4, -0.2) is 55.3 Å². The number of carbonyl (C=O) groups excluding carboxylic acids is 1. The van der Waals surface area contributed by atoms with Crippen LogP contribution >= 0.6 is 24.2 Å². The fraction of sp³-hybridized carbons (Fsp3) is 0.909. The van der Waals surface area contributed by atoms with E-state index in [0.29, 0.717) is 13.2 Å². The van der Waals surface area contributed by atoms with Crippen LogP contribution in [0, 0.1) is 0 Å². The van der Waals surface area contributed by atoms with Gasteiger partial charge in [-0.05, 0) is 6.42 Å². The van der Waals surface area contributed by atoms with Crippen LogP contribution in [-0.2, 0) is 9.53 Å². The molecule has 102 valence electrons. The van der Waals surface area contributed by atoms with Crippen LogP contribution in [0.3, 0.4) is 0 Å². The number of nitrogens with one attached hydrogen (secondary N) is 1. The molecule has 6 heteroatoms. The van der Waals surface area contributed by atoms with E-state index in [1.54, 1.807) is 18.9 Å². The first-order valence-electron chi connectivity index (χ1n) is 5.88. The van der Waals surface area contributed by atoms with Crippen molar-refractivity contribution < 1.29 is 9.53 Å². The number of rotatable bonds is 7. The van der Waals surface area contributed by atoms with Gasteiger partial charge in [-0.1, -0.05) is 13.3 Å². The highest BCUT2D eigenvalue weighted by Gasteiger charge is 2.26. The molecule has 1 aliphatic heterocycles. The van der Waals surface area contributed by atoms with E-state index in [9.17, 15) is 4.79 Å². The van der Waals surface area contributed by atoms with Gasteiger partial charge in [0, 0.05) is 31.8 Å². The van der Waals surface area contributed by atoms with Crippen molar-refractivity contribution in [2.75, 3.05) is 38.4 Å². The van der Waals surface area contributed by atoms with Crippen LogP contribution in [0.4, 0.5) is 0 Å². The third-order valence-corrected chi connectivity index (χ3v) is 3.61. The maximum atomic E-state index is 12.2. The Morgan fingerprint density at radius 1 is 1.53 bits per heavy atom. The third-order valence-electron chi connectivity index (χ3n) is 2.67. The van der Waals surface area contributed by atoms with E-state index in [1.807, 2.05) is 4.90 Å². The summed E-state index contributed by atoms with van der Waals surface area (Å²) >= 11 is 1.79. The molecule has 0 saturated carbocycles. The number of thioether (sulfide) groups is 1. The average molecular weight is 283 g/mol. The van der Waals surface area contributed by atoms with Crippen molar-refractivity contribution in [3.05, 3.63) is 0 Å². The molecule has 0 spiro atoms. The summed E-state index contributed by atoms with van der Waals surface area (Å²) in [6.45, 7) is 4.32. The van der Waals surface area contributed by atoms with Crippen LogP contribution < -0.4 is 5.32 Å². The molecule has 1 rings (SSSR count). The zero-order valence-corrected chi connectivity index (χ0v) is 12.2. The average Bonchev–Trinajstić information content (AvgIpc) is 2.82. The maximum Gasteiger partial charge on any atom is 0.240 e. The van der Waals surface area contributed by atoms with Crippen molar-refractivity contribution in [1.82, 2.24) is 10.2 Å². The van der Waals surface area contributed by atoms with Crippen molar-refractivity contribution in [2.45, 2.75) is 25.8 Å². The molecule has 0 radical (unpaired) electrons. The minimum absolute atomic E-state index is 0. The summed E-state index contributed by atoms with van der Waals surface area (Å²) in [5.74, 6) is 2.02. The highest BCUT2D eigenvalue weighted by molar-refractivity contribution is 7.99. The number of ether oxygens (including phenoxy) is 1. The van der Waals surface area contributed by atoms with Gasteiger partial charge in [-0.3, -0.25) is 10.1 Å². The molecule has 0 aromatic carbocycles. The lowest BCUT2D eigenvalue weighted by Crippen LogP contribution is -2.46. The minimum atomic E-state index is 0. The van der Waals surface area contributed by atoms with Gasteiger partial charge < -0.3 is 9.64 Å². The fourth-order valence-corrected chi connectivity index (χ4v) is 2.59. The highest BCUT2D eigenvalue weighted by atomic mass is 35.5. The molecule has 1 saturated heterocycles. The smallest absolute Gasteiger partial charge is 0.240 e. The van der Waals surface area contributed by atoms with E-state index in [4.69, 9.17) is 4.74 Å². The van der Waals surface area contributed by atoms with Gasteiger partial charge in [-0.2, -0.15) is 0 Å². The molecule has 1 atom stereocenters. The fourth-order valence-electron chi connectivity index (χ4n) is 1.66. The summed E-state index contributed by atoms with van der Waals surface area (Å²) in [7, 11) is 1.67. The first-order chi connectivity index (χ1) is 7.79. The Bertz CT molecular complexity index is 206. The van der Waals surface area contributed by atoms with Gasteiger partial charge in [-0.25, -0.2) is 0 Å². The first kappa shape index (κ1) is 17.0. The van der Waals surface area contributed by atoms with Crippen LogP contribution in [0.2, 0.25) is 0 Å². The summed E-state index contributed by atoms with van der Waals surface area (Å²) in [5.41, 5.74) is 0. The Morgan fingerprint density at radius 3 is 2.82 bits per heavy atom. The quantitative estimate of drug-likeness (QED) is 0.765. The molecular formula is C11H23ClN2O2S. The number of amides is 1. The predicted molar refractivity (Wildman–Crippen MR) is 74.9 cm³/mol. The number of carbonyl (C=O) groups is 1. The van der Waals surface area contributed by atoms with Gasteiger partial charge in [0.25, 0.3) is 0 Å². The SMILES string of the molecule is CCCCN(CCOC)C(=O)C1CSCN1.Cl. The van der Waals surface area contributed by atoms with Gasteiger partial charge in [0.1, 0.15) is 0 Å². The number of unbranched alkanes of at least 4 members (excludes halogenated alkanes) is 1. The second kappa shape index (κ2) is 10.00. The zero-order valence-electron chi connectivity index (χ0n) is 10.6. The molecule has 1 aliphatic rings. The zero-order chi connectivity index (χ0) is 11.8. The van der Waals surface area contributed by atoms with E-state index in [2.05, 4.69) is 12.2 Å². The van der Waals surface area contributed by atoms with Gasteiger partial charge in [0.2, 0.25) is 5.91 Å². The lowest BCUT2D eigenvalue weighted by Gasteiger charge is -2.25. The highest BCUT2D eigenvalue weighted by Crippen LogP contribution is 2.12. The summed E-state index contributed by atoms with van der Waals surface area (Å²) < 4.78 is 5.05. The van der Waals surface area contributed by atoms with Crippen molar-refractivity contribution in [2.24, 2.45) is 0 Å². The van der Waals surface area contributed by atoms with E-state index in [0.717, 1.165) is 31.0 Å². The number of nitrogens with zero attached hydrogens (tertiary/aromatic N) is 1. The summed E-state index contributed by atoms with van der Waals surface area (Å²) in [5, 5.41) is 3.22. The Kier molecular flexibility index (Phi) is 10.0. The maximum absolute atomic E-state index is 12.2. The van der Waals surface area contributed by atoms with Crippen molar-refractivity contribution in [3.63, 3.8) is 0 Å². The Labute approximate surface area is 114 Å². The second-order valence-electron chi connectivity index (χ2n) is 3.94. The lowest BCUT2D eigenvalue weighted by molar-refractivity contribution is -0.133. The number of hydrogen-bond donors (Lipinski definition) is 1. The Hall–Kier alpha value is 0.0300. The Morgan fingerprint density at radius 2 is 2.29 bits per heavy atom. The van der Waals surface area contributed by atoms with Gasteiger partial charge in [-0.15, -0.1) is 24.2 Å². The van der Waals surface area contributed by atoms with Crippen LogP contribution in [0.15, 0.2) is 0 Å². The number of halogens is 1. The van der Waals surface area contributed by atoms with Crippen LogP contribution in [0.5, 0.6) is 0 Å². The molecule has 1 unspecified atom stereocenters. The molecule has 1 N–H and O–H groups in total. The van der Waals surface area contributed by atoms with Gasteiger partial charge >= 0.3 is 0 Å². The van der Waals surface area contributed by atoms with Crippen LogP contribution in [0.25, 0.3) is 0 Å². The van der Waals surface area contributed by atoms with Crippen LogP contribution in [0.1, 0.15) is 19.8 Å². The normalized spacial score (nSPS) is 18.8. The molecule has 17 heavy (non-hydrogen) atoms. The molecular weight excluding hydrogens is 260 g/mol. The van der Waals surface area contributed by atoms with E-state index in [1.165, 1.54) is 0 Å². The molecule has 1 fully saturated rings. The summed E-state index contributed by atoms with van der Waals surface area (Å²) in [6.07, 6.45) is 2.18. The molecule has 0 aromatic rings. The third kappa shape index (κ3) is 5.95. The molecule has 0 bridgehead atoms. The minimum Gasteiger partial charge on any atom is -0.383 e. The van der Waals surface area contributed by atoms with Gasteiger partial charge in [0.05, 0.1) is 12.6 Å². The molecule has 0 aliphatic carbocycles. The van der Waals surface area contributed by atoms with E-state index < -0.39 is 0 Å². The van der Waals surface area contributed by atoms with E-state index >= 15 is 0 Å². The lowest BCUT2D eigenvalue weighted by atomic mass is 10.2. The van der Waals surface area contributed by atoms with Gasteiger partial charge in [0.15, 0.2) is 0 Å². The largest absolute Gasteiger partial charge is 0.383 e. The summed E-state index contributed by atoms with van der Waals surface area (Å²) in [4.78, 5) is 14.1. The monoisotopic (exact) mass is 282 g/mol. The Balaban J connectivity index is 0.00000256. The predicted octanol–water partition coefficient (Wildman–Crippen LogP) is 1.35. The standard InChI is InChI=1S/C11H22N2O2S.ClH/c1-3-4-5-13(6-7-15-2)11(14)10-8-16-9-12-10;/h10,12H,3-9H2,1-2H3;1H. The van der Waals surface area contributed by atoms with Crippen molar-refractivity contribution >= 4 is 30.1 Å². The first-order valence-corrected chi connectivity index (χ1v) is 7.04. The molecule has 1 heterocycles. The molecule has 4 nitrogen and oxygen atoms in total. The van der Waals surface area contributed by atoms with E-state index in [-0.39, 0.29) is 24.4 Å². The molecule has 1 amide bonds. The second-order valence-corrected chi connectivity index (χ2v) is 4.97.